The van der Waals surface area contributed by atoms with Crippen molar-refractivity contribution in [3.8, 4) is 10.4 Å². The molecule has 0 amide bonds. The van der Waals surface area contributed by atoms with Gasteiger partial charge in [0.05, 0.1) is 9.77 Å². The van der Waals surface area contributed by atoms with E-state index in [1.54, 1.807) is 29.7 Å². The van der Waals surface area contributed by atoms with Gasteiger partial charge < -0.3 is 0 Å². The number of hydrogen-bond donors (Lipinski definition) is 1. The van der Waals surface area contributed by atoms with Crippen LogP contribution in [0.3, 0.4) is 0 Å². The van der Waals surface area contributed by atoms with E-state index < -0.39 is 10.1 Å². The molecule has 138 valence electrons. The molecular weight excluding hydrogens is 384 g/mol. The van der Waals surface area contributed by atoms with Crippen LogP contribution in [0.25, 0.3) is 15.4 Å². The molecule has 0 fully saturated rings. The van der Waals surface area contributed by atoms with Gasteiger partial charge in [0.15, 0.2) is 4.96 Å². The fourth-order valence-corrected chi connectivity index (χ4v) is 3.73. The molecule has 0 saturated carbocycles. The summed E-state index contributed by atoms with van der Waals surface area (Å²) in [5.41, 5.74) is 2.77. The Balaban J connectivity index is 0.000000168. The summed E-state index contributed by atoms with van der Waals surface area (Å²) in [5, 5.41) is 0. The van der Waals surface area contributed by atoms with Crippen molar-refractivity contribution < 1.29 is 17.8 Å². The molecule has 0 spiro atoms. The number of nitrogens with zero attached hydrogens (tertiary/aromatic N) is 2. The third kappa shape index (κ3) is 4.68. The van der Waals surface area contributed by atoms with Crippen molar-refractivity contribution in [3.63, 3.8) is 0 Å². The highest BCUT2D eigenvalue weighted by molar-refractivity contribution is 7.85. The first-order chi connectivity index (χ1) is 12.9. The topological polar surface area (TPSA) is 88.7 Å². The van der Waals surface area contributed by atoms with E-state index in [0.29, 0.717) is 5.56 Å². The summed E-state index contributed by atoms with van der Waals surface area (Å²) in [6.07, 6.45) is 6.61. The lowest BCUT2D eigenvalue weighted by molar-refractivity contribution is 0.112. The largest absolute Gasteiger partial charge is 0.298 e. The Kier molecular flexibility index (Phi) is 5.50. The lowest BCUT2D eigenvalue weighted by Gasteiger charge is -1.95. The zero-order valence-electron chi connectivity index (χ0n) is 14.3. The van der Waals surface area contributed by atoms with E-state index in [4.69, 9.17) is 4.55 Å². The van der Waals surface area contributed by atoms with Gasteiger partial charge in [0.25, 0.3) is 10.1 Å². The van der Waals surface area contributed by atoms with Gasteiger partial charge in [0.1, 0.15) is 6.29 Å². The number of aldehydes is 1. The molecule has 6 nitrogen and oxygen atoms in total. The molecule has 0 bridgehead atoms. The maximum atomic E-state index is 10.5. The zero-order valence-corrected chi connectivity index (χ0v) is 15.9. The normalized spacial score (nSPS) is 11.0. The second kappa shape index (κ2) is 7.83. The number of thiazole rings is 1. The van der Waals surface area contributed by atoms with Gasteiger partial charge in [0.2, 0.25) is 0 Å². The van der Waals surface area contributed by atoms with Crippen LogP contribution in [-0.2, 0) is 10.1 Å². The fourth-order valence-electron chi connectivity index (χ4n) is 2.30. The predicted molar refractivity (Wildman–Crippen MR) is 105 cm³/mol. The molecule has 0 unspecified atom stereocenters. The number of aromatic nitrogens is 2. The molecule has 0 aliphatic carbocycles. The van der Waals surface area contributed by atoms with Crippen LogP contribution in [0.15, 0.2) is 72.0 Å². The van der Waals surface area contributed by atoms with Gasteiger partial charge in [-0.25, -0.2) is 4.98 Å². The van der Waals surface area contributed by atoms with Gasteiger partial charge in [-0.15, -0.1) is 0 Å². The van der Waals surface area contributed by atoms with Crippen LogP contribution in [0.1, 0.15) is 15.9 Å². The second-order valence-electron chi connectivity index (χ2n) is 5.74. The minimum atomic E-state index is -4.02. The Hall–Kier alpha value is -2.81. The van der Waals surface area contributed by atoms with Crippen molar-refractivity contribution in [3.05, 3.63) is 78.2 Å². The van der Waals surface area contributed by atoms with Crippen molar-refractivity contribution >= 4 is 32.7 Å². The molecule has 0 radical (unpaired) electrons. The Labute approximate surface area is 160 Å². The molecule has 0 saturated heterocycles. The summed E-state index contributed by atoms with van der Waals surface area (Å²) in [6.45, 7) is 1.84. The van der Waals surface area contributed by atoms with Crippen LogP contribution >= 0.6 is 11.3 Å². The van der Waals surface area contributed by atoms with Crippen LogP contribution in [0.4, 0.5) is 0 Å². The molecule has 2 heterocycles. The highest BCUT2D eigenvalue weighted by atomic mass is 32.2. The Morgan fingerprint density at radius 1 is 1.07 bits per heavy atom. The minimum Gasteiger partial charge on any atom is -0.298 e. The van der Waals surface area contributed by atoms with Crippen LogP contribution in [0, 0.1) is 6.92 Å². The zero-order chi connectivity index (χ0) is 19.4. The van der Waals surface area contributed by atoms with Gasteiger partial charge in [-0.05, 0) is 24.6 Å². The molecule has 4 aromatic rings. The number of benzene rings is 2. The fraction of sp³-hybridized carbons (Fsp3) is 0.0526. The first-order valence-corrected chi connectivity index (χ1v) is 10.1. The summed E-state index contributed by atoms with van der Waals surface area (Å²) in [6, 6.07) is 13.5. The van der Waals surface area contributed by atoms with Gasteiger partial charge in [-0.3, -0.25) is 13.7 Å². The van der Waals surface area contributed by atoms with E-state index >= 15 is 0 Å². The average molecular weight is 400 g/mol. The van der Waals surface area contributed by atoms with E-state index in [-0.39, 0.29) is 4.90 Å². The average Bonchev–Trinajstić information content (AvgIpc) is 3.24. The SMILES string of the molecule is Cc1ccc(S(=O)(=O)O)cc1.O=Cc1ccc(-c2cn3ccnc3s2)cc1. The molecule has 8 heteroatoms. The monoisotopic (exact) mass is 400 g/mol. The van der Waals surface area contributed by atoms with Crippen molar-refractivity contribution in [2.45, 2.75) is 11.8 Å². The number of aryl methyl sites for hydroxylation is 1. The summed E-state index contributed by atoms with van der Waals surface area (Å²) < 4.78 is 31.5. The summed E-state index contributed by atoms with van der Waals surface area (Å²) in [5.74, 6) is 0. The van der Waals surface area contributed by atoms with Gasteiger partial charge in [-0.2, -0.15) is 8.42 Å². The predicted octanol–water partition coefficient (Wildman–Crippen LogP) is 4.12. The lowest BCUT2D eigenvalue weighted by Crippen LogP contribution is -1.96. The summed E-state index contributed by atoms with van der Waals surface area (Å²) >= 11 is 1.63. The molecule has 0 atom stereocenters. The van der Waals surface area contributed by atoms with Crippen molar-refractivity contribution in [1.82, 2.24) is 9.38 Å². The van der Waals surface area contributed by atoms with E-state index in [0.717, 1.165) is 27.3 Å². The first kappa shape index (κ1) is 19.0. The Morgan fingerprint density at radius 2 is 1.74 bits per heavy atom. The highest BCUT2D eigenvalue weighted by Crippen LogP contribution is 2.27. The van der Waals surface area contributed by atoms with Gasteiger partial charge in [-0.1, -0.05) is 53.3 Å². The Morgan fingerprint density at radius 3 is 2.30 bits per heavy atom. The number of fused-ring (bicyclic) bond motifs is 1. The van der Waals surface area contributed by atoms with E-state index in [2.05, 4.69) is 4.98 Å². The number of carbonyl (C=O) groups excluding carboxylic acids is 1. The maximum Gasteiger partial charge on any atom is 0.294 e. The lowest BCUT2D eigenvalue weighted by atomic mass is 10.1. The third-order valence-electron chi connectivity index (χ3n) is 3.74. The van der Waals surface area contributed by atoms with Crippen molar-refractivity contribution in [1.29, 1.82) is 0 Å². The molecule has 1 N–H and O–H groups in total. The molecule has 2 aromatic heterocycles. The van der Waals surface area contributed by atoms with Crippen molar-refractivity contribution in [2.75, 3.05) is 0 Å². The summed E-state index contributed by atoms with van der Waals surface area (Å²) in [7, 11) is -4.02. The molecular formula is C19H16N2O4S2. The minimum absolute atomic E-state index is 0.0666. The standard InChI is InChI=1S/C12H8N2OS.C7H8O3S/c15-8-9-1-3-10(4-2-9)11-7-14-6-5-13-12(14)16-11;1-6-2-4-7(5-3-6)11(8,9)10/h1-8H;2-5H,1H3,(H,8,9,10). The van der Waals surface area contributed by atoms with Gasteiger partial charge in [0, 0.05) is 24.2 Å². The van der Waals surface area contributed by atoms with Crippen LogP contribution in [0.5, 0.6) is 0 Å². The van der Waals surface area contributed by atoms with E-state index in [9.17, 15) is 13.2 Å². The van der Waals surface area contributed by atoms with E-state index in [1.165, 1.54) is 12.1 Å². The van der Waals surface area contributed by atoms with Crippen LogP contribution in [0.2, 0.25) is 0 Å². The van der Waals surface area contributed by atoms with Crippen LogP contribution < -0.4 is 0 Å². The number of imidazole rings is 1. The third-order valence-corrected chi connectivity index (χ3v) is 5.67. The smallest absolute Gasteiger partial charge is 0.294 e. The first-order valence-electron chi connectivity index (χ1n) is 7.89. The Bertz CT molecular complexity index is 1130. The molecule has 0 aliphatic heterocycles. The number of hydrogen-bond acceptors (Lipinski definition) is 5. The quantitative estimate of drug-likeness (QED) is 0.413. The maximum absolute atomic E-state index is 10.5. The van der Waals surface area contributed by atoms with Crippen LogP contribution in [-0.4, -0.2) is 28.6 Å². The molecule has 4 rings (SSSR count). The van der Waals surface area contributed by atoms with Crippen molar-refractivity contribution in [2.24, 2.45) is 0 Å². The highest BCUT2D eigenvalue weighted by Gasteiger charge is 2.07. The molecule has 2 aromatic carbocycles. The number of rotatable bonds is 3. The van der Waals surface area contributed by atoms with E-state index in [1.807, 2.05) is 48.0 Å². The second-order valence-corrected chi connectivity index (χ2v) is 8.17. The molecule has 0 aliphatic rings. The molecule has 27 heavy (non-hydrogen) atoms. The summed E-state index contributed by atoms with van der Waals surface area (Å²) in [4.78, 5) is 16.8. The van der Waals surface area contributed by atoms with Gasteiger partial charge >= 0.3 is 0 Å². The number of carbonyl (C=O) groups is 1.